The average molecular weight is 753 g/mol. The zero-order chi connectivity index (χ0) is 38.7. The molecule has 2 heterocycles. The second-order valence-corrected chi connectivity index (χ2v) is 19.6. The van der Waals surface area contributed by atoms with Gasteiger partial charge in [-0.15, -0.1) is 0 Å². The summed E-state index contributed by atoms with van der Waals surface area (Å²) in [5, 5.41) is 84.7. The summed E-state index contributed by atoms with van der Waals surface area (Å²) in [5.74, 6) is -0.366. The molecule has 0 aromatic rings. The maximum atomic E-state index is 13.0. The quantitative estimate of drug-likeness (QED) is 0.145. The van der Waals surface area contributed by atoms with Crippen LogP contribution in [0.5, 0.6) is 0 Å². The van der Waals surface area contributed by atoms with Crippen molar-refractivity contribution < 1.29 is 64.6 Å². The van der Waals surface area contributed by atoms with Gasteiger partial charge in [-0.25, -0.2) is 0 Å². The summed E-state index contributed by atoms with van der Waals surface area (Å²) in [6, 6.07) is 0. The first-order chi connectivity index (χ1) is 24.7. The molecule has 2 aliphatic heterocycles. The highest BCUT2D eigenvalue weighted by molar-refractivity contribution is 5.76. The van der Waals surface area contributed by atoms with Crippen molar-refractivity contribution in [3.8, 4) is 0 Å². The van der Waals surface area contributed by atoms with Crippen molar-refractivity contribution in [2.45, 2.75) is 173 Å². The molecular formula is C40H64O13. The number of fused-ring (bicyclic) bond motifs is 7. The van der Waals surface area contributed by atoms with E-state index in [1.54, 1.807) is 0 Å². The Labute approximate surface area is 312 Å². The van der Waals surface area contributed by atoms with E-state index in [0.717, 1.165) is 32.1 Å². The van der Waals surface area contributed by atoms with Gasteiger partial charge in [0.05, 0.1) is 30.3 Å². The van der Waals surface area contributed by atoms with Gasteiger partial charge < -0.3 is 59.8 Å². The van der Waals surface area contributed by atoms with Gasteiger partial charge in [-0.2, -0.15) is 0 Å². The lowest BCUT2D eigenvalue weighted by molar-refractivity contribution is -0.370. The standard InChI is InChI=1S/C40H64O13/c1-35(2)24-9-12-39(6)25(8-7-20-21-17-36(3,49)13-15-40(21,34(47)48)16-14-38(20,39)5)37(24,4)11-10-26(35)52-33-31(29(45)28(44)23(18-41)51-33)53-32-30(46)27(43)22(42)19-50-32/h7,21-33,41-46,49H,8-19H2,1-6H3,(H,47,48)/t21-,22-,23-,24-,25-,26-,27+,28-,29-,30-,31+,32+,33+,36-,37-,38+,39+,40-/m1/s1. The van der Waals surface area contributed by atoms with Gasteiger partial charge in [-0.3, -0.25) is 4.79 Å². The summed E-state index contributed by atoms with van der Waals surface area (Å²) in [4.78, 5) is 13.0. The summed E-state index contributed by atoms with van der Waals surface area (Å²) in [7, 11) is 0. The van der Waals surface area contributed by atoms with Crippen LogP contribution in [0.15, 0.2) is 11.6 Å². The van der Waals surface area contributed by atoms with E-state index in [1.165, 1.54) is 5.57 Å². The Bertz CT molecular complexity index is 1430. The van der Waals surface area contributed by atoms with E-state index in [-0.39, 0.29) is 40.8 Å². The lowest BCUT2D eigenvalue weighted by Gasteiger charge is -2.71. The molecule has 0 aromatic carbocycles. The highest BCUT2D eigenvalue weighted by atomic mass is 16.8. The molecule has 13 heteroatoms. The molecule has 0 unspecified atom stereocenters. The van der Waals surface area contributed by atoms with Crippen LogP contribution in [-0.4, -0.2) is 127 Å². The number of hydrogen-bond acceptors (Lipinski definition) is 12. The van der Waals surface area contributed by atoms with E-state index in [1.807, 2.05) is 6.92 Å². The molecule has 0 aromatic heterocycles. The zero-order valence-corrected chi connectivity index (χ0v) is 32.2. The summed E-state index contributed by atoms with van der Waals surface area (Å²) in [5.41, 5.74) is -1.24. The van der Waals surface area contributed by atoms with E-state index in [9.17, 15) is 45.6 Å². The van der Waals surface area contributed by atoms with Gasteiger partial charge in [-0.1, -0.05) is 46.3 Å². The van der Waals surface area contributed by atoms with Crippen molar-refractivity contribution in [3.63, 3.8) is 0 Å². The van der Waals surface area contributed by atoms with Crippen LogP contribution >= 0.6 is 0 Å². The molecule has 302 valence electrons. The van der Waals surface area contributed by atoms with Gasteiger partial charge in [0, 0.05) is 0 Å². The molecule has 6 fully saturated rings. The van der Waals surface area contributed by atoms with E-state index < -0.39 is 84.3 Å². The van der Waals surface area contributed by atoms with E-state index in [4.69, 9.17) is 18.9 Å². The summed E-state index contributed by atoms with van der Waals surface area (Å²) >= 11 is 0. The SMILES string of the molecule is CC1(C)[C@H]2CC[C@@]3(C)[C@H](CC=C4[C@H]5C[C@](C)(O)CC[C@@]5(C(=O)O)CC[C@@]43C)[C@]2(C)CC[C@H]1O[C@@H]1O[C@H](CO)[C@@H](O)[C@@H](O)[C@@H]1O[C@@H]1OC[C@@H](O)[C@H](O)[C@H]1O. The van der Waals surface area contributed by atoms with E-state index >= 15 is 0 Å². The maximum Gasteiger partial charge on any atom is 0.310 e. The molecule has 4 saturated carbocycles. The number of aliphatic hydroxyl groups is 7. The van der Waals surface area contributed by atoms with Gasteiger partial charge in [0.25, 0.3) is 0 Å². The Balaban J connectivity index is 1.15. The van der Waals surface area contributed by atoms with Crippen LogP contribution in [0.4, 0.5) is 0 Å². The fourth-order valence-corrected chi connectivity index (χ4v) is 13.2. The molecule has 53 heavy (non-hydrogen) atoms. The van der Waals surface area contributed by atoms with Crippen LogP contribution < -0.4 is 0 Å². The van der Waals surface area contributed by atoms with E-state index in [2.05, 4.69) is 40.7 Å². The predicted molar refractivity (Wildman–Crippen MR) is 189 cm³/mol. The Kier molecular flexibility index (Phi) is 10.1. The summed E-state index contributed by atoms with van der Waals surface area (Å²) in [6.07, 6.45) is -3.66. The molecular weight excluding hydrogens is 688 g/mol. The molecule has 13 nitrogen and oxygen atoms in total. The van der Waals surface area contributed by atoms with Crippen molar-refractivity contribution in [1.82, 2.24) is 0 Å². The molecule has 18 atom stereocenters. The number of carboxylic acids is 1. The van der Waals surface area contributed by atoms with Gasteiger partial charge in [0.15, 0.2) is 12.6 Å². The first-order valence-electron chi connectivity index (χ1n) is 19.9. The number of hydrogen-bond donors (Lipinski definition) is 8. The minimum absolute atomic E-state index is 0.0789. The van der Waals surface area contributed by atoms with Crippen LogP contribution in [-0.2, 0) is 23.7 Å². The number of carbonyl (C=O) groups is 1. The smallest absolute Gasteiger partial charge is 0.310 e. The van der Waals surface area contributed by atoms with Gasteiger partial charge in [-0.05, 0) is 111 Å². The third-order valence-corrected chi connectivity index (χ3v) is 16.6. The molecule has 7 rings (SSSR count). The number of aliphatic hydroxyl groups excluding tert-OH is 6. The minimum atomic E-state index is -1.63. The van der Waals surface area contributed by atoms with Gasteiger partial charge >= 0.3 is 5.97 Å². The Morgan fingerprint density at radius 2 is 1.53 bits per heavy atom. The van der Waals surface area contributed by atoms with Crippen LogP contribution in [0.2, 0.25) is 0 Å². The molecule has 7 aliphatic rings. The summed E-state index contributed by atoms with van der Waals surface area (Å²) in [6.45, 7) is 12.6. The molecule has 0 radical (unpaired) electrons. The molecule has 5 aliphatic carbocycles. The maximum absolute atomic E-state index is 13.0. The van der Waals surface area contributed by atoms with Crippen molar-refractivity contribution in [2.75, 3.05) is 13.2 Å². The minimum Gasteiger partial charge on any atom is -0.481 e. The number of rotatable bonds is 6. The van der Waals surface area contributed by atoms with Crippen molar-refractivity contribution in [3.05, 3.63) is 11.6 Å². The van der Waals surface area contributed by atoms with E-state index in [0.29, 0.717) is 38.0 Å². The third-order valence-electron chi connectivity index (χ3n) is 16.6. The largest absolute Gasteiger partial charge is 0.481 e. The third kappa shape index (κ3) is 5.92. The normalized spacial score (nSPS) is 55.1. The number of aliphatic carboxylic acids is 1. The monoisotopic (exact) mass is 752 g/mol. The molecule has 0 amide bonds. The van der Waals surface area contributed by atoms with Crippen molar-refractivity contribution in [1.29, 1.82) is 0 Å². The lowest BCUT2D eigenvalue weighted by Crippen LogP contribution is -2.66. The Morgan fingerprint density at radius 1 is 0.830 bits per heavy atom. The molecule has 2 saturated heterocycles. The zero-order valence-electron chi connectivity index (χ0n) is 32.2. The van der Waals surface area contributed by atoms with Crippen LogP contribution in [0.1, 0.15) is 106 Å². The van der Waals surface area contributed by atoms with Crippen molar-refractivity contribution in [2.24, 2.45) is 44.8 Å². The molecule has 8 N–H and O–H groups in total. The second-order valence-electron chi connectivity index (χ2n) is 19.6. The predicted octanol–water partition coefficient (Wildman–Crippen LogP) is 2.25. The second kappa shape index (κ2) is 13.4. The van der Waals surface area contributed by atoms with Crippen LogP contribution in [0.3, 0.4) is 0 Å². The lowest BCUT2D eigenvalue weighted by atomic mass is 9.33. The van der Waals surface area contributed by atoms with Crippen LogP contribution in [0, 0.1) is 44.8 Å². The fourth-order valence-electron chi connectivity index (χ4n) is 13.2. The highest BCUT2D eigenvalue weighted by Gasteiger charge is 2.70. The Hall–Kier alpha value is -1.23. The number of ether oxygens (including phenoxy) is 4. The van der Waals surface area contributed by atoms with Gasteiger partial charge in [0.2, 0.25) is 0 Å². The van der Waals surface area contributed by atoms with Gasteiger partial charge in [0.1, 0.15) is 42.7 Å². The Morgan fingerprint density at radius 3 is 2.21 bits per heavy atom. The summed E-state index contributed by atoms with van der Waals surface area (Å²) < 4.78 is 24.2. The number of allylic oxidation sites excluding steroid dienone is 2. The average Bonchev–Trinajstić information content (AvgIpc) is 3.08. The molecule has 0 spiro atoms. The fraction of sp³-hybridized carbons (Fsp3) is 0.925. The topological polar surface area (TPSA) is 216 Å². The van der Waals surface area contributed by atoms with Crippen LogP contribution in [0.25, 0.3) is 0 Å². The molecule has 0 bridgehead atoms. The first kappa shape index (κ1) is 40.0. The highest BCUT2D eigenvalue weighted by Crippen LogP contribution is 2.75. The number of carboxylic acid groups (broad SMARTS) is 1. The van der Waals surface area contributed by atoms with Crippen molar-refractivity contribution >= 4 is 5.97 Å². The first-order valence-corrected chi connectivity index (χ1v) is 19.9.